The van der Waals surface area contributed by atoms with Crippen molar-refractivity contribution in [3.05, 3.63) is 199 Å². The molecule has 6 aromatic carbocycles. The summed E-state index contributed by atoms with van der Waals surface area (Å²) in [6, 6.07) is 49.1. The second-order valence-electron chi connectivity index (χ2n) is 14.6. The van der Waals surface area contributed by atoms with E-state index in [0.717, 1.165) is 12.0 Å². The van der Waals surface area contributed by atoms with Gasteiger partial charge in [0.1, 0.15) is 0 Å². The van der Waals surface area contributed by atoms with Crippen LogP contribution < -0.4 is 0 Å². The third kappa shape index (κ3) is 4.44. The van der Waals surface area contributed by atoms with Gasteiger partial charge in [-0.25, -0.2) is 0 Å². The van der Waals surface area contributed by atoms with Crippen molar-refractivity contribution in [1.29, 1.82) is 0 Å². The lowest BCUT2D eigenvalue weighted by molar-refractivity contribution is 0.653. The van der Waals surface area contributed by atoms with Gasteiger partial charge in [0.05, 0.1) is 27.8 Å². The van der Waals surface area contributed by atoms with Gasteiger partial charge in [-0.2, -0.15) is 0 Å². The molecule has 0 amide bonds. The summed E-state index contributed by atoms with van der Waals surface area (Å²) in [4.78, 5) is 0. The lowest BCUT2D eigenvalue weighted by Gasteiger charge is -2.23. The van der Waals surface area contributed by atoms with Gasteiger partial charge in [-0.05, 0) is 94.4 Å². The van der Waals surface area contributed by atoms with E-state index < -0.39 is 0 Å². The van der Waals surface area contributed by atoms with Gasteiger partial charge in [-0.15, -0.1) is 0 Å². The number of aromatic nitrogens is 2. The monoisotopic (exact) mass is 666 g/mol. The topological polar surface area (TPSA) is 9.86 Å². The smallest absolute Gasteiger partial charge is 0.0543 e. The summed E-state index contributed by atoms with van der Waals surface area (Å²) < 4.78 is 4.86. The zero-order valence-electron chi connectivity index (χ0n) is 29.5. The molecule has 2 nitrogen and oxygen atoms in total. The van der Waals surface area contributed by atoms with Crippen LogP contribution in [0, 0.1) is 0 Å². The molecule has 0 fully saturated rings. The predicted octanol–water partition coefficient (Wildman–Crippen LogP) is 13.2. The lowest BCUT2D eigenvalue weighted by Crippen LogP contribution is -2.16. The molecular weight excluding hydrogens is 629 g/mol. The Morgan fingerprint density at radius 2 is 1.15 bits per heavy atom. The van der Waals surface area contributed by atoms with Crippen LogP contribution in [-0.2, 0) is 5.41 Å². The molecule has 0 radical (unpaired) electrons. The molecule has 2 aliphatic carbocycles. The minimum atomic E-state index is -0.162. The van der Waals surface area contributed by atoms with Crippen molar-refractivity contribution >= 4 is 49.2 Å². The Morgan fingerprint density at radius 3 is 1.87 bits per heavy atom. The SMILES string of the molecule is C=C1/C=C\C=C/C/C=C\C2=C1c1c(-n3c4ccccc4c4cc(-c5ccc6c(c5)c5ccccc5n6-c5ccccc5)ccc43)cccc1C2(C)C. The second kappa shape index (κ2) is 11.6. The average Bonchev–Trinajstić information content (AvgIpc) is 3.77. The highest BCUT2D eigenvalue weighted by Gasteiger charge is 2.39. The molecule has 0 saturated carbocycles. The molecule has 52 heavy (non-hydrogen) atoms. The number of benzene rings is 6. The number of fused-ring (bicyclic) bond motifs is 8. The molecule has 248 valence electrons. The van der Waals surface area contributed by atoms with E-state index in [0.29, 0.717) is 0 Å². The van der Waals surface area contributed by atoms with Crippen molar-refractivity contribution in [1.82, 2.24) is 9.13 Å². The first kappa shape index (κ1) is 30.4. The Morgan fingerprint density at radius 1 is 0.538 bits per heavy atom. The van der Waals surface area contributed by atoms with Gasteiger partial charge < -0.3 is 9.13 Å². The van der Waals surface area contributed by atoms with Crippen LogP contribution >= 0.6 is 0 Å². The Kier molecular flexibility index (Phi) is 6.78. The minimum absolute atomic E-state index is 0.162. The number of rotatable bonds is 3. The highest BCUT2D eigenvalue weighted by molar-refractivity contribution is 6.13. The van der Waals surface area contributed by atoms with Gasteiger partial charge in [0.25, 0.3) is 0 Å². The number of nitrogens with zero attached hydrogens (tertiary/aromatic N) is 2. The summed E-state index contributed by atoms with van der Waals surface area (Å²) in [5.74, 6) is 0. The minimum Gasteiger partial charge on any atom is -0.309 e. The van der Waals surface area contributed by atoms with Crippen molar-refractivity contribution in [3.8, 4) is 22.5 Å². The highest BCUT2D eigenvalue weighted by Crippen LogP contribution is 2.52. The van der Waals surface area contributed by atoms with Crippen molar-refractivity contribution in [2.24, 2.45) is 0 Å². The van der Waals surface area contributed by atoms with Crippen molar-refractivity contribution in [2.75, 3.05) is 0 Å². The Labute approximate surface area is 304 Å². The van der Waals surface area contributed by atoms with E-state index in [1.54, 1.807) is 0 Å². The second-order valence-corrected chi connectivity index (χ2v) is 14.6. The van der Waals surface area contributed by atoms with Crippen LogP contribution in [0.15, 0.2) is 188 Å². The third-order valence-electron chi connectivity index (χ3n) is 11.3. The molecule has 0 spiro atoms. The molecule has 0 saturated heterocycles. The maximum Gasteiger partial charge on any atom is 0.0543 e. The maximum atomic E-state index is 4.62. The van der Waals surface area contributed by atoms with E-state index >= 15 is 0 Å². The quantitative estimate of drug-likeness (QED) is 0.178. The van der Waals surface area contributed by atoms with Crippen molar-refractivity contribution < 1.29 is 0 Å². The first-order valence-electron chi connectivity index (χ1n) is 18.2. The first-order valence-corrected chi connectivity index (χ1v) is 18.2. The summed E-state index contributed by atoms with van der Waals surface area (Å²) in [6.07, 6.45) is 14.1. The Balaban J connectivity index is 1.18. The van der Waals surface area contributed by atoms with E-state index in [-0.39, 0.29) is 5.41 Å². The van der Waals surface area contributed by atoms with Crippen LogP contribution in [-0.4, -0.2) is 9.13 Å². The van der Waals surface area contributed by atoms with Gasteiger partial charge in [0.2, 0.25) is 0 Å². The summed E-state index contributed by atoms with van der Waals surface area (Å²) in [7, 11) is 0. The summed E-state index contributed by atoms with van der Waals surface area (Å²) in [6.45, 7) is 9.33. The fourth-order valence-electron chi connectivity index (χ4n) is 8.82. The fraction of sp³-hybridized carbons (Fsp3) is 0.0800. The van der Waals surface area contributed by atoms with Crippen molar-refractivity contribution in [3.63, 3.8) is 0 Å². The van der Waals surface area contributed by atoms with Crippen LogP contribution in [0.25, 0.3) is 71.7 Å². The zero-order valence-corrected chi connectivity index (χ0v) is 29.5. The van der Waals surface area contributed by atoms with Crippen LogP contribution in [0.1, 0.15) is 31.4 Å². The molecule has 0 aliphatic heterocycles. The van der Waals surface area contributed by atoms with Gasteiger partial charge in [-0.3, -0.25) is 0 Å². The highest BCUT2D eigenvalue weighted by atomic mass is 15.0. The van der Waals surface area contributed by atoms with Crippen LogP contribution in [0.4, 0.5) is 0 Å². The molecule has 2 heterocycles. The molecule has 2 heteroatoms. The first-order chi connectivity index (χ1) is 25.5. The molecule has 8 aromatic rings. The zero-order chi connectivity index (χ0) is 35.0. The van der Waals surface area contributed by atoms with E-state index in [9.17, 15) is 0 Å². The number of para-hydroxylation sites is 3. The molecule has 0 unspecified atom stereocenters. The Bertz CT molecular complexity index is 2900. The van der Waals surface area contributed by atoms with Gasteiger partial charge in [0, 0.05) is 38.2 Å². The molecule has 2 aromatic heterocycles. The standard InChI is InChI=1S/C50H38N2/c1-33-17-8-5-4-6-11-22-41-48(33)49-42(50(41,2)3)23-16-26-47(49)52-44-25-15-13-21-38(44)40-32-35(28-30-46(40)52)34-27-29-45-39(31-34)37-20-12-14-24-43(37)51(45)36-18-9-7-10-19-36/h4-5,7-32H,1,6H2,2-3H3/b5-4-,17-8-,22-11-. The molecule has 0 bridgehead atoms. The van der Waals surface area contributed by atoms with Gasteiger partial charge in [-0.1, -0.05) is 136 Å². The van der Waals surface area contributed by atoms with Crippen LogP contribution in [0.2, 0.25) is 0 Å². The lowest BCUT2D eigenvalue weighted by atomic mass is 9.80. The summed E-state index contributed by atoms with van der Waals surface area (Å²) >= 11 is 0. The van der Waals surface area contributed by atoms with E-state index in [1.807, 2.05) is 0 Å². The average molecular weight is 667 g/mol. The number of hydrogen-bond acceptors (Lipinski definition) is 0. The molecule has 2 aliphatic rings. The van der Waals surface area contributed by atoms with Crippen LogP contribution in [0.5, 0.6) is 0 Å². The summed E-state index contributed by atoms with van der Waals surface area (Å²) in [5.41, 5.74) is 15.7. The molecule has 0 N–H and O–H groups in total. The van der Waals surface area contributed by atoms with E-state index in [2.05, 4.69) is 199 Å². The predicted molar refractivity (Wildman–Crippen MR) is 222 cm³/mol. The normalized spacial score (nSPS) is 17.2. The van der Waals surface area contributed by atoms with E-state index in [1.165, 1.54) is 88.4 Å². The third-order valence-corrected chi connectivity index (χ3v) is 11.3. The van der Waals surface area contributed by atoms with Crippen LogP contribution in [0.3, 0.4) is 0 Å². The summed E-state index contributed by atoms with van der Waals surface area (Å²) in [5, 5.41) is 5.02. The largest absolute Gasteiger partial charge is 0.309 e. The van der Waals surface area contributed by atoms with Gasteiger partial charge in [0.15, 0.2) is 0 Å². The Hall–Kier alpha value is -6.38. The molecular formula is C50H38N2. The van der Waals surface area contributed by atoms with Gasteiger partial charge >= 0.3 is 0 Å². The molecule has 10 rings (SSSR count). The van der Waals surface area contributed by atoms with Crippen molar-refractivity contribution in [2.45, 2.75) is 25.7 Å². The van der Waals surface area contributed by atoms with E-state index in [4.69, 9.17) is 0 Å². The fourth-order valence-corrected chi connectivity index (χ4v) is 8.82. The number of allylic oxidation sites excluding steroid dienone is 9. The number of hydrogen-bond donors (Lipinski definition) is 0. The maximum absolute atomic E-state index is 4.62. The molecule has 0 atom stereocenters.